The third kappa shape index (κ3) is 2.25. The number of hydrogen-bond donors (Lipinski definition) is 1. The molecule has 1 N–H and O–H groups in total. The Balaban J connectivity index is 2.04. The van der Waals surface area contributed by atoms with E-state index in [-0.39, 0.29) is 0 Å². The van der Waals surface area contributed by atoms with Crippen molar-refractivity contribution in [3.8, 4) is 0 Å². The van der Waals surface area contributed by atoms with Crippen molar-refractivity contribution < 1.29 is 9.90 Å². The lowest BCUT2D eigenvalue weighted by molar-refractivity contribution is 0.0694. The second kappa shape index (κ2) is 4.66. The molecular formula is C13H17NO2. The maximum Gasteiger partial charge on any atom is 0.335 e. The average Bonchev–Trinajstić information content (AvgIpc) is 2.25. The summed E-state index contributed by atoms with van der Waals surface area (Å²) in [5, 5.41) is 8.90. The molecule has 1 aromatic rings. The zero-order valence-corrected chi connectivity index (χ0v) is 9.52. The van der Waals surface area contributed by atoms with Crippen molar-refractivity contribution >= 4 is 5.97 Å². The van der Waals surface area contributed by atoms with E-state index < -0.39 is 5.97 Å². The van der Waals surface area contributed by atoms with E-state index in [4.69, 9.17) is 5.11 Å². The fourth-order valence-electron chi connectivity index (χ4n) is 2.20. The van der Waals surface area contributed by atoms with Gasteiger partial charge in [0.25, 0.3) is 0 Å². The Kier molecular flexibility index (Phi) is 3.25. The lowest BCUT2D eigenvalue weighted by atomic mass is 9.99. The molecule has 2 rings (SSSR count). The molecule has 1 saturated heterocycles. The van der Waals surface area contributed by atoms with Crippen molar-refractivity contribution in [1.82, 2.24) is 4.90 Å². The second-order valence-corrected chi connectivity index (χ2v) is 4.33. The molecule has 0 aromatic heterocycles. The van der Waals surface area contributed by atoms with Crippen molar-refractivity contribution in [1.29, 1.82) is 0 Å². The first-order valence-electron chi connectivity index (χ1n) is 5.77. The maximum atomic E-state index is 10.8. The minimum atomic E-state index is -0.850. The smallest absolute Gasteiger partial charge is 0.335 e. The van der Waals surface area contributed by atoms with Crippen LogP contribution in [-0.4, -0.2) is 28.6 Å². The Labute approximate surface area is 95.7 Å². The van der Waals surface area contributed by atoms with Crippen LogP contribution in [0.5, 0.6) is 0 Å². The van der Waals surface area contributed by atoms with Crippen LogP contribution >= 0.6 is 0 Å². The summed E-state index contributed by atoms with van der Waals surface area (Å²) in [6, 6.07) is 7.91. The van der Waals surface area contributed by atoms with Gasteiger partial charge in [-0.3, -0.25) is 4.90 Å². The molecule has 1 aliphatic rings. The number of carboxylic acid groups (broad SMARTS) is 1. The van der Waals surface area contributed by atoms with Crippen LogP contribution in [0.4, 0.5) is 0 Å². The van der Waals surface area contributed by atoms with E-state index in [0.717, 1.165) is 18.7 Å². The lowest BCUT2D eigenvalue weighted by Gasteiger charge is -2.40. The van der Waals surface area contributed by atoms with Crippen LogP contribution in [0.2, 0.25) is 0 Å². The van der Waals surface area contributed by atoms with Crippen molar-refractivity contribution in [2.45, 2.75) is 32.4 Å². The highest BCUT2D eigenvalue weighted by Gasteiger charge is 2.25. The molecule has 86 valence electrons. The quantitative estimate of drug-likeness (QED) is 0.845. The van der Waals surface area contributed by atoms with Crippen LogP contribution in [0, 0.1) is 0 Å². The first-order valence-corrected chi connectivity index (χ1v) is 5.77. The zero-order valence-electron chi connectivity index (χ0n) is 9.52. The molecule has 16 heavy (non-hydrogen) atoms. The van der Waals surface area contributed by atoms with Gasteiger partial charge in [-0.05, 0) is 30.5 Å². The number of rotatable bonds is 4. The average molecular weight is 219 g/mol. The van der Waals surface area contributed by atoms with Crippen LogP contribution in [0.25, 0.3) is 0 Å². The highest BCUT2D eigenvalue weighted by Crippen LogP contribution is 2.22. The standard InChI is InChI=1S/C13H17NO2/c1-2-12-6-7-14(12)9-10-4-3-5-11(8-10)13(15)16/h3-5,8,12H,2,6-7,9H2,1H3,(H,15,16). The Morgan fingerprint density at radius 3 is 2.94 bits per heavy atom. The predicted molar refractivity (Wildman–Crippen MR) is 62.5 cm³/mol. The van der Waals surface area contributed by atoms with Gasteiger partial charge in [0.1, 0.15) is 0 Å². The van der Waals surface area contributed by atoms with Gasteiger partial charge in [-0.1, -0.05) is 19.1 Å². The predicted octanol–water partition coefficient (Wildman–Crippen LogP) is 2.37. The van der Waals surface area contributed by atoms with Crippen LogP contribution in [-0.2, 0) is 6.54 Å². The third-order valence-corrected chi connectivity index (χ3v) is 3.30. The highest BCUT2D eigenvalue weighted by molar-refractivity contribution is 5.87. The molecule has 1 aromatic carbocycles. The molecule has 0 aliphatic carbocycles. The van der Waals surface area contributed by atoms with E-state index in [2.05, 4.69) is 11.8 Å². The Morgan fingerprint density at radius 1 is 1.56 bits per heavy atom. The molecule has 3 heteroatoms. The van der Waals surface area contributed by atoms with E-state index >= 15 is 0 Å². The Hall–Kier alpha value is -1.35. The molecule has 0 saturated carbocycles. The van der Waals surface area contributed by atoms with Gasteiger partial charge in [-0.15, -0.1) is 0 Å². The number of carbonyl (C=O) groups is 1. The summed E-state index contributed by atoms with van der Waals surface area (Å²) in [6.07, 6.45) is 2.45. The van der Waals surface area contributed by atoms with E-state index in [1.54, 1.807) is 12.1 Å². The van der Waals surface area contributed by atoms with Gasteiger partial charge in [-0.25, -0.2) is 4.79 Å². The number of benzene rings is 1. The normalized spacial score (nSPS) is 20.4. The van der Waals surface area contributed by atoms with E-state index in [9.17, 15) is 4.79 Å². The molecule has 0 spiro atoms. The van der Waals surface area contributed by atoms with E-state index in [1.165, 1.54) is 12.8 Å². The molecule has 0 bridgehead atoms. The molecule has 1 aliphatic heterocycles. The Morgan fingerprint density at radius 2 is 2.38 bits per heavy atom. The van der Waals surface area contributed by atoms with Gasteiger partial charge in [0.15, 0.2) is 0 Å². The van der Waals surface area contributed by atoms with Gasteiger partial charge in [-0.2, -0.15) is 0 Å². The van der Waals surface area contributed by atoms with Crippen molar-refractivity contribution in [3.05, 3.63) is 35.4 Å². The van der Waals surface area contributed by atoms with Gasteiger partial charge < -0.3 is 5.11 Å². The molecule has 1 unspecified atom stereocenters. The van der Waals surface area contributed by atoms with E-state index in [1.807, 2.05) is 12.1 Å². The first kappa shape index (κ1) is 11.1. The molecule has 1 heterocycles. The van der Waals surface area contributed by atoms with Gasteiger partial charge in [0.05, 0.1) is 5.56 Å². The summed E-state index contributed by atoms with van der Waals surface area (Å²) in [7, 11) is 0. The summed E-state index contributed by atoms with van der Waals surface area (Å²) >= 11 is 0. The number of aromatic carboxylic acids is 1. The van der Waals surface area contributed by atoms with Crippen LogP contribution in [0.3, 0.4) is 0 Å². The van der Waals surface area contributed by atoms with Crippen LogP contribution < -0.4 is 0 Å². The number of carboxylic acids is 1. The molecule has 1 atom stereocenters. The molecule has 1 fully saturated rings. The maximum absolute atomic E-state index is 10.8. The largest absolute Gasteiger partial charge is 0.478 e. The van der Waals surface area contributed by atoms with Crippen LogP contribution in [0.1, 0.15) is 35.7 Å². The number of nitrogens with zero attached hydrogens (tertiary/aromatic N) is 1. The molecule has 0 amide bonds. The van der Waals surface area contributed by atoms with Gasteiger partial charge >= 0.3 is 5.97 Å². The van der Waals surface area contributed by atoms with Gasteiger partial charge in [0.2, 0.25) is 0 Å². The monoisotopic (exact) mass is 219 g/mol. The SMILES string of the molecule is CCC1CCN1Cc1cccc(C(=O)O)c1. The summed E-state index contributed by atoms with van der Waals surface area (Å²) in [5.74, 6) is -0.850. The molecule has 0 radical (unpaired) electrons. The van der Waals surface area contributed by atoms with Crippen LogP contribution in [0.15, 0.2) is 24.3 Å². The summed E-state index contributed by atoms with van der Waals surface area (Å²) in [4.78, 5) is 13.2. The Bertz CT molecular complexity index is 387. The molecular weight excluding hydrogens is 202 g/mol. The van der Waals surface area contributed by atoms with Crippen molar-refractivity contribution in [2.24, 2.45) is 0 Å². The van der Waals surface area contributed by atoms with Gasteiger partial charge in [0, 0.05) is 19.1 Å². The highest BCUT2D eigenvalue weighted by atomic mass is 16.4. The second-order valence-electron chi connectivity index (χ2n) is 4.33. The van der Waals surface area contributed by atoms with E-state index in [0.29, 0.717) is 11.6 Å². The minimum absolute atomic E-state index is 0.381. The minimum Gasteiger partial charge on any atom is -0.478 e. The zero-order chi connectivity index (χ0) is 11.5. The van der Waals surface area contributed by atoms with Crippen molar-refractivity contribution in [3.63, 3.8) is 0 Å². The number of likely N-dealkylation sites (tertiary alicyclic amines) is 1. The summed E-state index contributed by atoms with van der Waals surface area (Å²) in [5.41, 5.74) is 1.48. The summed E-state index contributed by atoms with van der Waals surface area (Å²) in [6.45, 7) is 4.21. The number of hydrogen-bond acceptors (Lipinski definition) is 2. The topological polar surface area (TPSA) is 40.5 Å². The first-order chi connectivity index (χ1) is 7.70. The fraction of sp³-hybridized carbons (Fsp3) is 0.462. The fourth-order valence-corrected chi connectivity index (χ4v) is 2.20. The summed E-state index contributed by atoms with van der Waals surface area (Å²) < 4.78 is 0. The third-order valence-electron chi connectivity index (χ3n) is 3.30. The molecule has 3 nitrogen and oxygen atoms in total. The lowest BCUT2D eigenvalue weighted by Crippen LogP contribution is -2.46. The van der Waals surface area contributed by atoms with Crippen molar-refractivity contribution in [2.75, 3.05) is 6.54 Å².